The van der Waals surface area contributed by atoms with Crippen LogP contribution in [0.5, 0.6) is 0 Å². The Hall–Kier alpha value is -1.31. The van der Waals surface area contributed by atoms with Crippen LogP contribution in [0.2, 0.25) is 0 Å². The SMILES string of the molecule is CCCCCCCCCCCCCCCc1ccc(C(=O)OC)cc1. The van der Waals surface area contributed by atoms with Crippen LogP contribution in [-0.4, -0.2) is 13.1 Å². The van der Waals surface area contributed by atoms with E-state index in [1.165, 1.54) is 96.1 Å². The molecule has 0 heterocycles. The van der Waals surface area contributed by atoms with Gasteiger partial charge in [0.1, 0.15) is 0 Å². The van der Waals surface area contributed by atoms with E-state index in [-0.39, 0.29) is 5.97 Å². The molecule has 1 aromatic carbocycles. The van der Waals surface area contributed by atoms with Gasteiger partial charge in [0.2, 0.25) is 0 Å². The zero-order valence-corrected chi connectivity index (χ0v) is 16.5. The highest BCUT2D eigenvalue weighted by molar-refractivity contribution is 5.89. The lowest BCUT2D eigenvalue weighted by Crippen LogP contribution is -2.00. The van der Waals surface area contributed by atoms with Crippen LogP contribution in [0.15, 0.2) is 24.3 Å². The van der Waals surface area contributed by atoms with Gasteiger partial charge in [-0.25, -0.2) is 4.79 Å². The second-order valence-corrected chi connectivity index (χ2v) is 7.18. The van der Waals surface area contributed by atoms with Crippen LogP contribution in [0.25, 0.3) is 0 Å². The van der Waals surface area contributed by atoms with E-state index in [9.17, 15) is 4.79 Å². The first kappa shape index (κ1) is 21.7. The molecule has 0 aliphatic rings. The Bertz CT molecular complexity index is 436. The predicted octanol–water partition coefficient (Wildman–Crippen LogP) is 7.11. The van der Waals surface area contributed by atoms with E-state index in [1.54, 1.807) is 0 Å². The van der Waals surface area contributed by atoms with Gasteiger partial charge in [-0.05, 0) is 30.5 Å². The normalized spacial score (nSPS) is 10.8. The van der Waals surface area contributed by atoms with E-state index >= 15 is 0 Å². The monoisotopic (exact) mass is 346 g/mol. The third kappa shape index (κ3) is 11.0. The molecule has 0 aliphatic heterocycles. The maximum Gasteiger partial charge on any atom is 0.337 e. The molecule has 0 saturated carbocycles. The van der Waals surface area contributed by atoms with Crippen molar-refractivity contribution in [1.29, 1.82) is 0 Å². The summed E-state index contributed by atoms with van der Waals surface area (Å²) in [6.07, 6.45) is 19.2. The molecule has 0 fully saturated rings. The van der Waals surface area contributed by atoms with Crippen LogP contribution in [0.1, 0.15) is 106 Å². The van der Waals surface area contributed by atoms with Gasteiger partial charge in [-0.2, -0.15) is 0 Å². The van der Waals surface area contributed by atoms with Crippen molar-refractivity contribution < 1.29 is 9.53 Å². The fraction of sp³-hybridized carbons (Fsp3) is 0.696. The fourth-order valence-electron chi connectivity index (χ4n) is 3.27. The molecule has 0 aromatic heterocycles. The molecular formula is C23H38O2. The largest absolute Gasteiger partial charge is 0.465 e. The Kier molecular flexibility index (Phi) is 13.0. The molecule has 0 spiro atoms. The Morgan fingerprint density at radius 3 is 1.60 bits per heavy atom. The van der Waals surface area contributed by atoms with Crippen LogP contribution in [0, 0.1) is 0 Å². The maximum atomic E-state index is 11.4. The third-order valence-corrected chi connectivity index (χ3v) is 4.94. The summed E-state index contributed by atoms with van der Waals surface area (Å²) in [5.74, 6) is -0.257. The number of unbranched alkanes of at least 4 members (excludes halogenated alkanes) is 12. The Morgan fingerprint density at radius 2 is 1.16 bits per heavy atom. The van der Waals surface area contributed by atoms with Crippen LogP contribution >= 0.6 is 0 Å². The topological polar surface area (TPSA) is 26.3 Å². The number of aryl methyl sites for hydroxylation is 1. The summed E-state index contributed by atoms with van der Waals surface area (Å²) >= 11 is 0. The minimum atomic E-state index is -0.257. The zero-order chi connectivity index (χ0) is 18.2. The Labute approximate surface area is 155 Å². The van der Waals surface area contributed by atoms with E-state index < -0.39 is 0 Å². The highest BCUT2D eigenvalue weighted by Crippen LogP contribution is 2.14. The van der Waals surface area contributed by atoms with E-state index in [4.69, 9.17) is 4.74 Å². The molecule has 0 unspecified atom stereocenters. The van der Waals surface area contributed by atoms with E-state index in [0.29, 0.717) is 5.56 Å². The summed E-state index contributed by atoms with van der Waals surface area (Å²) in [5.41, 5.74) is 1.95. The van der Waals surface area contributed by atoms with Crippen molar-refractivity contribution in [2.24, 2.45) is 0 Å². The summed E-state index contributed by atoms with van der Waals surface area (Å²) in [7, 11) is 1.42. The van der Waals surface area contributed by atoms with Crippen molar-refractivity contribution in [2.75, 3.05) is 7.11 Å². The number of carbonyl (C=O) groups excluding carboxylic acids is 1. The molecule has 2 heteroatoms. The molecule has 2 nitrogen and oxygen atoms in total. The van der Waals surface area contributed by atoms with Gasteiger partial charge in [0.05, 0.1) is 12.7 Å². The smallest absolute Gasteiger partial charge is 0.337 e. The molecular weight excluding hydrogens is 308 g/mol. The maximum absolute atomic E-state index is 11.4. The molecule has 25 heavy (non-hydrogen) atoms. The van der Waals surface area contributed by atoms with Gasteiger partial charge in [-0.1, -0.05) is 96.1 Å². The van der Waals surface area contributed by atoms with Crippen LogP contribution in [0.3, 0.4) is 0 Å². The molecule has 0 amide bonds. The average Bonchev–Trinajstić information content (AvgIpc) is 2.65. The second-order valence-electron chi connectivity index (χ2n) is 7.18. The molecule has 0 aliphatic carbocycles. The summed E-state index contributed by atoms with van der Waals surface area (Å²) in [5, 5.41) is 0. The zero-order valence-electron chi connectivity index (χ0n) is 16.5. The number of benzene rings is 1. The van der Waals surface area contributed by atoms with Crippen molar-refractivity contribution in [1.82, 2.24) is 0 Å². The minimum Gasteiger partial charge on any atom is -0.465 e. The number of methoxy groups -OCH3 is 1. The van der Waals surface area contributed by atoms with Gasteiger partial charge in [0, 0.05) is 0 Å². The highest BCUT2D eigenvalue weighted by atomic mass is 16.5. The molecule has 142 valence electrons. The number of hydrogen-bond donors (Lipinski definition) is 0. The number of rotatable bonds is 15. The molecule has 0 radical (unpaired) electrons. The lowest BCUT2D eigenvalue weighted by atomic mass is 10.0. The lowest BCUT2D eigenvalue weighted by molar-refractivity contribution is 0.0600. The van der Waals surface area contributed by atoms with E-state index in [1.807, 2.05) is 24.3 Å². The quantitative estimate of drug-likeness (QED) is 0.250. The number of ether oxygens (including phenoxy) is 1. The lowest BCUT2D eigenvalue weighted by Gasteiger charge is -2.04. The summed E-state index contributed by atoms with van der Waals surface area (Å²) in [6.45, 7) is 2.28. The van der Waals surface area contributed by atoms with Gasteiger partial charge in [0.25, 0.3) is 0 Å². The Morgan fingerprint density at radius 1 is 0.720 bits per heavy atom. The molecule has 0 bridgehead atoms. The fourth-order valence-corrected chi connectivity index (χ4v) is 3.27. The number of hydrogen-bond acceptors (Lipinski definition) is 2. The molecule has 1 rings (SSSR count). The summed E-state index contributed by atoms with van der Waals surface area (Å²) < 4.78 is 4.72. The first-order chi connectivity index (χ1) is 12.3. The van der Waals surface area contributed by atoms with Crippen LogP contribution in [-0.2, 0) is 11.2 Å². The van der Waals surface area contributed by atoms with Gasteiger partial charge in [0.15, 0.2) is 0 Å². The third-order valence-electron chi connectivity index (χ3n) is 4.94. The van der Waals surface area contributed by atoms with Gasteiger partial charge in [-0.15, -0.1) is 0 Å². The predicted molar refractivity (Wildman–Crippen MR) is 107 cm³/mol. The summed E-state index contributed by atoms with van der Waals surface area (Å²) in [4.78, 5) is 11.4. The first-order valence-corrected chi connectivity index (χ1v) is 10.4. The van der Waals surface area contributed by atoms with Crippen LogP contribution < -0.4 is 0 Å². The van der Waals surface area contributed by atoms with Crippen molar-refractivity contribution >= 4 is 5.97 Å². The average molecular weight is 347 g/mol. The molecule has 1 aromatic rings. The van der Waals surface area contributed by atoms with Gasteiger partial charge < -0.3 is 4.74 Å². The first-order valence-electron chi connectivity index (χ1n) is 10.4. The minimum absolute atomic E-state index is 0.257. The molecule has 0 saturated heterocycles. The van der Waals surface area contributed by atoms with Crippen molar-refractivity contribution in [3.05, 3.63) is 35.4 Å². The standard InChI is InChI=1S/C23H38O2/c1-3-4-5-6-7-8-9-10-11-12-13-14-15-16-21-17-19-22(20-18-21)23(24)25-2/h17-20H,3-16H2,1-2H3. The van der Waals surface area contributed by atoms with Crippen molar-refractivity contribution in [3.63, 3.8) is 0 Å². The van der Waals surface area contributed by atoms with E-state index in [2.05, 4.69) is 6.92 Å². The van der Waals surface area contributed by atoms with Crippen molar-refractivity contribution in [3.8, 4) is 0 Å². The highest BCUT2D eigenvalue weighted by Gasteiger charge is 2.04. The van der Waals surface area contributed by atoms with Gasteiger partial charge in [-0.3, -0.25) is 0 Å². The van der Waals surface area contributed by atoms with Crippen molar-refractivity contribution in [2.45, 2.75) is 96.8 Å². The molecule has 0 N–H and O–H groups in total. The van der Waals surface area contributed by atoms with Crippen LogP contribution in [0.4, 0.5) is 0 Å². The number of carbonyl (C=O) groups is 1. The van der Waals surface area contributed by atoms with E-state index in [0.717, 1.165) is 6.42 Å². The molecule has 0 atom stereocenters. The summed E-state index contributed by atoms with van der Waals surface area (Å²) in [6, 6.07) is 7.83. The second kappa shape index (κ2) is 15.0. The Balaban J connectivity index is 1.91. The number of esters is 1. The van der Waals surface area contributed by atoms with Gasteiger partial charge >= 0.3 is 5.97 Å².